The van der Waals surface area contributed by atoms with Gasteiger partial charge in [0.05, 0.1) is 6.61 Å². The van der Waals surface area contributed by atoms with Gasteiger partial charge in [-0.25, -0.2) is 4.39 Å². The van der Waals surface area contributed by atoms with E-state index in [1.165, 1.54) is 18.2 Å². The van der Waals surface area contributed by atoms with Crippen LogP contribution in [-0.4, -0.2) is 18.5 Å². The van der Waals surface area contributed by atoms with Crippen LogP contribution in [0.3, 0.4) is 0 Å². The van der Waals surface area contributed by atoms with Crippen molar-refractivity contribution in [1.29, 1.82) is 0 Å². The lowest BCUT2D eigenvalue weighted by Gasteiger charge is -2.26. The minimum absolute atomic E-state index is 0.175. The van der Waals surface area contributed by atoms with E-state index in [4.69, 9.17) is 9.47 Å². The zero-order valence-corrected chi connectivity index (χ0v) is 15.5. The quantitative estimate of drug-likeness (QED) is 0.242. The van der Waals surface area contributed by atoms with Crippen LogP contribution in [0.15, 0.2) is 24.3 Å². The number of hydrogen-bond donors (Lipinski definition) is 0. The number of carbonyl (C=O) groups is 2. The van der Waals surface area contributed by atoms with E-state index in [0.717, 1.165) is 32.1 Å². The highest BCUT2D eigenvalue weighted by molar-refractivity contribution is 6.00. The van der Waals surface area contributed by atoms with Gasteiger partial charge in [-0.2, -0.15) is 0 Å². The van der Waals surface area contributed by atoms with Gasteiger partial charge >= 0.3 is 11.9 Å². The van der Waals surface area contributed by atoms with Gasteiger partial charge in [-0.1, -0.05) is 58.6 Å². The van der Waals surface area contributed by atoms with Gasteiger partial charge in [-0.05, 0) is 31.4 Å². The number of halogens is 1. The Labute approximate surface area is 149 Å². The third kappa shape index (κ3) is 5.83. The molecular weight excluding hydrogens is 323 g/mol. The molecular formula is C20H29FO4. The maximum atomic E-state index is 13.7. The average Bonchev–Trinajstić information content (AvgIpc) is 2.61. The van der Waals surface area contributed by atoms with Crippen molar-refractivity contribution in [3.8, 4) is 5.75 Å². The lowest BCUT2D eigenvalue weighted by molar-refractivity contribution is -0.168. The summed E-state index contributed by atoms with van der Waals surface area (Å²) in [6.07, 6.45) is 5.67. The van der Waals surface area contributed by atoms with Crippen LogP contribution in [0.5, 0.6) is 5.75 Å². The molecule has 140 valence electrons. The molecule has 1 rings (SSSR count). The number of esters is 2. The second-order valence-corrected chi connectivity index (χ2v) is 6.16. The van der Waals surface area contributed by atoms with Crippen molar-refractivity contribution in [3.05, 3.63) is 30.1 Å². The maximum Gasteiger partial charge on any atom is 0.328 e. The van der Waals surface area contributed by atoms with Crippen molar-refractivity contribution in [2.75, 3.05) is 6.61 Å². The van der Waals surface area contributed by atoms with E-state index in [9.17, 15) is 14.0 Å². The highest BCUT2D eigenvalue weighted by atomic mass is 19.1. The smallest absolute Gasteiger partial charge is 0.328 e. The zero-order valence-electron chi connectivity index (χ0n) is 15.5. The monoisotopic (exact) mass is 352 g/mol. The molecule has 25 heavy (non-hydrogen) atoms. The first-order chi connectivity index (χ1) is 12.0. The number of rotatable bonds is 11. The van der Waals surface area contributed by atoms with Crippen LogP contribution in [0.4, 0.5) is 4.39 Å². The van der Waals surface area contributed by atoms with Crippen LogP contribution in [0, 0.1) is 11.2 Å². The first-order valence-corrected chi connectivity index (χ1v) is 9.15. The number of ether oxygens (including phenoxy) is 2. The molecule has 4 nitrogen and oxygen atoms in total. The van der Waals surface area contributed by atoms with Gasteiger partial charge in [-0.15, -0.1) is 0 Å². The highest BCUT2D eigenvalue weighted by Gasteiger charge is 2.46. The van der Waals surface area contributed by atoms with Crippen molar-refractivity contribution in [2.45, 2.75) is 65.7 Å². The highest BCUT2D eigenvalue weighted by Crippen LogP contribution is 2.31. The Morgan fingerprint density at radius 2 is 1.60 bits per heavy atom. The third-order valence-corrected chi connectivity index (χ3v) is 4.51. The molecule has 0 aromatic heterocycles. The van der Waals surface area contributed by atoms with Crippen LogP contribution in [0.2, 0.25) is 0 Å². The Kier molecular flexibility index (Phi) is 9.17. The zero-order chi connectivity index (χ0) is 18.7. The summed E-state index contributed by atoms with van der Waals surface area (Å²) in [6, 6.07) is 5.64. The molecule has 0 bridgehead atoms. The molecule has 0 aliphatic heterocycles. The molecule has 0 amide bonds. The Bertz CT molecular complexity index is 552. The Hall–Kier alpha value is -1.91. The Morgan fingerprint density at radius 1 is 0.960 bits per heavy atom. The molecule has 0 radical (unpaired) electrons. The standard InChI is InChI=1S/C20H29FO4/c1-4-7-8-9-12-15-24-18(22)20(5-2,6-3)19(23)25-17-14-11-10-13-16(17)21/h10-11,13-14H,4-9,12,15H2,1-3H3. The number of benzene rings is 1. The SMILES string of the molecule is CCCCCCCOC(=O)C(CC)(CC)C(=O)Oc1ccccc1F. The number of unbranched alkanes of at least 4 members (excludes halogenated alkanes) is 4. The molecule has 1 aromatic rings. The summed E-state index contributed by atoms with van der Waals surface area (Å²) in [4.78, 5) is 25.1. The predicted octanol–water partition coefficient (Wildman–Crippen LogP) is 5.05. The average molecular weight is 352 g/mol. The summed E-state index contributed by atoms with van der Waals surface area (Å²) in [5, 5.41) is 0. The summed E-state index contributed by atoms with van der Waals surface area (Å²) in [7, 11) is 0. The number of carbonyl (C=O) groups excluding carboxylic acids is 2. The first-order valence-electron chi connectivity index (χ1n) is 9.15. The Morgan fingerprint density at radius 3 is 2.20 bits per heavy atom. The van der Waals surface area contributed by atoms with Crippen molar-refractivity contribution in [1.82, 2.24) is 0 Å². The van der Waals surface area contributed by atoms with Gasteiger partial charge in [0.25, 0.3) is 0 Å². The fraction of sp³-hybridized carbons (Fsp3) is 0.600. The fourth-order valence-corrected chi connectivity index (χ4v) is 2.64. The van der Waals surface area contributed by atoms with E-state index in [1.807, 2.05) is 0 Å². The van der Waals surface area contributed by atoms with E-state index in [-0.39, 0.29) is 25.2 Å². The second kappa shape index (κ2) is 10.9. The molecule has 0 heterocycles. The van der Waals surface area contributed by atoms with E-state index >= 15 is 0 Å². The summed E-state index contributed by atoms with van der Waals surface area (Å²) in [5.74, 6) is -2.17. The van der Waals surface area contributed by atoms with Crippen LogP contribution in [0.1, 0.15) is 65.7 Å². The predicted molar refractivity (Wildman–Crippen MR) is 94.8 cm³/mol. The summed E-state index contributed by atoms with van der Waals surface area (Å²) >= 11 is 0. The molecule has 0 aliphatic rings. The third-order valence-electron chi connectivity index (χ3n) is 4.51. The van der Waals surface area contributed by atoms with Gasteiger partial charge in [0.15, 0.2) is 17.0 Å². The van der Waals surface area contributed by atoms with Crippen LogP contribution >= 0.6 is 0 Å². The van der Waals surface area contributed by atoms with Gasteiger partial charge < -0.3 is 9.47 Å². The van der Waals surface area contributed by atoms with Crippen LogP contribution < -0.4 is 4.74 Å². The molecule has 0 N–H and O–H groups in total. The van der Waals surface area contributed by atoms with Crippen molar-refractivity contribution in [3.63, 3.8) is 0 Å². The minimum atomic E-state index is -1.40. The summed E-state index contributed by atoms with van der Waals surface area (Å²) < 4.78 is 24.2. The molecule has 0 atom stereocenters. The maximum absolute atomic E-state index is 13.7. The van der Waals surface area contributed by atoms with Gasteiger partial charge in [0, 0.05) is 0 Å². The van der Waals surface area contributed by atoms with Crippen LogP contribution in [-0.2, 0) is 14.3 Å². The Balaban J connectivity index is 2.69. The molecule has 0 fully saturated rings. The van der Waals surface area contributed by atoms with E-state index < -0.39 is 23.2 Å². The lowest BCUT2D eigenvalue weighted by atomic mass is 9.82. The minimum Gasteiger partial charge on any atom is -0.465 e. The van der Waals surface area contributed by atoms with E-state index in [2.05, 4.69) is 6.92 Å². The lowest BCUT2D eigenvalue weighted by Crippen LogP contribution is -2.42. The van der Waals surface area contributed by atoms with Crippen molar-refractivity contribution >= 4 is 11.9 Å². The van der Waals surface area contributed by atoms with Gasteiger partial charge in [0.1, 0.15) is 0 Å². The summed E-state index contributed by atoms with van der Waals surface area (Å²) in [5.41, 5.74) is -1.40. The molecule has 1 aromatic carbocycles. The molecule has 0 unspecified atom stereocenters. The molecule has 0 saturated heterocycles. The number of hydrogen-bond acceptors (Lipinski definition) is 4. The van der Waals surface area contributed by atoms with Crippen molar-refractivity contribution in [2.24, 2.45) is 5.41 Å². The topological polar surface area (TPSA) is 52.6 Å². The first kappa shape index (κ1) is 21.1. The van der Waals surface area contributed by atoms with E-state index in [0.29, 0.717) is 0 Å². The number of para-hydroxylation sites is 1. The molecule has 0 spiro atoms. The summed E-state index contributed by atoms with van der Waals surface area (Å²) in [6.45, 7) is 5.89. The van der Waals surface area contributed by atoms with Gasteiger partial charge in [0.2, 0.25) is 0 Å². The fourth-order valence-electron chi connectivity index (χ4n) is 2.64. The normalized spacial score (nSPS) is 11.2. The molecule has 5 heteroatoms. The van der Waals surface area contributed by atoms with E-state index in [1.54, 1.807) is 19.9 Å². The van der Waals surface area contributed by atoms with Crippen molar-refractivity contribution < 1.29 is 23.5 Å². The van der Waals surface area contributed by atoms with Gasteiger partial charge in [-0.3, -0.25) is 9.59 Å². The van der Waals surface area contributed by atoms with Crippen LogP contribution in [0.25, 0.3) is 0 Å². The second-order valence-electron chi connectivity index (χ2n) is 6.16. The molecule has 0 aliphatic carbocycles. The largest absolute Gasteiger partial charge is 0.465 e. The molecule has 0 saturated carbocycles.